The molecular weight excluding hydrogens is 376 g/mol. The molecule has 0 atom stereocenters. The van der Waals surface area contributed by atoms with E-state index in [1.54, 1.807) is 26.0 Å². The third-order valence-corrected chi connectivity index (χ3v) is 5.05. The first-order chi connectivity index (χ1) is 13.4. The summed E-state index contributed by atoms with van der Waals surface area (Å²) in [6.45, 7) is 7.54. The fourth-order valence-electron chi connectivity index (χ4n) is 2.40. The third-order valence-electron chi connectivity index (χ3n) is 4.08. The zero-order valence-electron chi connectivity index (χ0n) is 15.6. The number of benzene rings is 1. The van der Waals surface area contributed by atoms with Gasteiger partial charge in [0.05, 0.1) is 9.20 Å². The van der Waals surface area contributed by atoms with Crippen molar-refractivity contribution in [1.82, 2.24) is 19.7 Å². The number of carbonyl (C=O) groups is 1. The number of aromatic nitrogens is 4. The SMILES string of the molecule is C=CCOc1ccc(/C=c2\s/c(=C/C(=O)C(C)(C)n3cncn3)[nH]c2=O)cc1. The van der Waals surface area contributed by atoms with Gasteiger partial charge in [0.15, 0.2) is 5.78 Å². The maximum Gasteiger partial charge on any atom is 0.266 e. The van der Waals surface area contributed by atoms with Crippen molar-refractivity contribution in [2.24, 2.45) is 0 Å². The number of carbonyl (C=O) groups excluding carboxylic acids is 1. The summed E-state index contributed by atoms with van der Waals surface area (Å²) < 4.78 is 7.93. The normalized spacial score (nSPS) is 12.9. The molecule has 1 N–H and O–H groups in total. The molecular formula is C20H20N4O3S. The average molecular weight is 396 g/mol. The van der Waals surface area contributed by atoms with Gasteiger partial charge < -0.3 is 9.72 Å². The third kappa shape index (κ3) is 4.34. The van der Waals surface area contributed by atoms with E-state index in [0.29, 0.717) is 15.8 Å². The van der Waals surface area contributed by atoms with Gasteiger partial charge in [0.25, 0.3) is 5.56 Å². The molecule has 1 aromatic carbocycles. The van der Waals surface area contributed by atoms with E-state index < -0.39 is 5.54 Å². The molecule has 0 aliphatic rings. The minimum Gasteiger partial charge on any atom is -0.490 e. The molecule has 0 fully saturated rings. The highest BCUT2D eigenvalue weighted by atomic mass is 32.1. The van der Waals surface area contributed by atoms with Crippen LogP contribution in [0.5, 0.6) is 5.75 Å². The molecule has 0 aliphatic heterocycles. The summed E-state index contributed by atoms with van der Waals surface area (Å²) in [4.78, 5) is 31.5. The Bertz CT molecular complexity index is 1140. The van der Waals surface area contributed by atoms with E-state index in [0.717, 1.165) is 11.3 Å². The van der Waals surface area contributed by atoms with Gasteiger partial charge in [0, 0.05) is 6.08 Å². The predicted octanol–water partition coefficient (Wildman–Crippen LogP) is 1.21. The number of H-pyrrole nitrogens is 1. The predicted molar refractivity (Wildman–Crippen MR) is 109 cm³/mol. The molecule has 2 aromatic heterocycles. The highest BCUT2D eigenvalue weighted by Crippen LogP contribution is 2.15. The monoisotopic (exact) mass is 396 g/mol. The molecule has 0 unspecified atom stereocenters. The van der Waals surface area contributed by atoms with E-state index >= 15 is 0 Å². The van der Waals surface area contributed by atoms with Crippen LogP contribution >= 0.6 is 11.3 Å². The Morgan fingerprint density at radius 1 is 1.36 bits per heavy atom. The lowest BCUT2D eigenvalue weighted by molar-refractivity contribution is -0.120. The highest BCUT2D eigenvalue weighted by molar-refractivity contribution is 7.07. The van der Waals surface area contributed by atoms with Crippen molar-refractivity contribution < 1.29 is 9.53 Å². The Balaban J connectivity index is 1.87. The number of nitrogens with zero attached hydrogens (tertiary/aromatic N) is 3. The molecule has 0 saturated heterocycles. The number of Topliss-reactive ketones (excluding diaryl/α,β-unsaturated/α-hetero) is 1. The molecule has 0 aliphatic carbocycles. The number of rotatable bonds is 7. The largest absolute Gasteiger partial charge is 0.490 e. The standard InChI is InChI=1S/C20H20N4O3S/c1-4-9-27-15-7-5-14(6-8-15)10-16-19(26)23-18(28-16)11-17(25)20(2,3)24-13-21-12-22-24/h4-8,10-13H,1,9H2,2-3H3,(H,23,26)/b16-10-,18-11+. The maximum atomic E-state index is 12.6. The minimum atomic E-state index is -0.900. The lowest BCUT2D eigenvalue weighted by atomic mass is 10.00. The summed E-state index contributed by atoms with van der Waals surface area (Å²) in [5, 5.41) is 4.03. The van der Waals surface area contributed by atoms with Gasteiger partial charge in [-0.05, 0) is 37.6 Å². The van der Waals surface area contributed by atoms with Crippen LogP contribution in [0.2, 0.25) is 0 Å². The molecule has 0 saturated carbocycles. The Morgan fingerprint density at radius 2 is 2.11 bits per heavy atom. The number of ether oxygens (including phenoxy) is 1. The van der Waals surface area contributed by atoms with Crippen LogP contribution in [0.25, 0.3) is 12.2 Å². The molecule has 0 amide bonds. The molecule has 7 nitrogen and oxygen atoms in total. The molecule has 144 valence electrons. The van der Waals surface area contributed by atoms with E-state index in [9.17, 15) is 9.59 Å². The van der Waals surface area contributed by atoms with E-state index in [1.807, 2.05) is 24.3 Å². The summed E-state index contributed by atoms with van der Waals surface area (Å²) in [6.07, 6.45) is 7.74. The van der Waals surface area contributed by atoms with E-state index in [-0.39, 0.29) is 11.3 Å². The second-order valence-corrected chi connectivity index (χ2v) is 7.59. The van der Waals surface area contributed by atoms with E-state index in [2.05, 4.69) is 21.6 Å². The molecule has 28 heavy (non-hydrogen) atoms. The lowest BCUT2D eigenvalue weighted by Gasteiger charge is -2.20. The summed E-state index contributed by atoms with van der Waals surface area (Å²) in [5.41, 5.74) is -0.281. The van der Waals surface area contributed by atoms with Gasteiger partial charge >= 0.3 is 0 Å². The molecule has 0 spiro atoms. The van der Waals surface area contributed by atoms with Gasteiger partial charge in [-0.1, -0.05) is 24.8 Å². The Morgan fingerprint density at radius 3 is 2.75 bits per heavy atom. The number of hydrogen-bond acceptors (Lipinski definition) is 6. The van der Waals surface area contributed by atoms with E-state index in [1.165, 1.54) is 34.7 Å². The molecule has 0 radical (unpaired) electrons. The topological polar surface area (TPSA) is 89.9 Å². The smallest absolute Gasteiger partial charge is 0.266 e. The van der Waals surface area contributed by atoms with Crippen molar-refractivity contribution in [3.8, 4) is 5.75 Å². The van der Waals surface area contributed by atoms with Crippen LogP contribution in [-0.2, 0) is 10.3 Å². The lowest BCUT2D eigenvalue weighted by Crippen LogP contribution is -2.36. The fourth-order valence-corrected chi connectivity index (χ4v) is 3.28. The quantitative estimate of drug-likeness (QED) is 0.606. The van der Waals surface area contributed by atoms with Gasteiger partial charge in [0.1, 0.15) is 30.5 Å². The number of ketones is 1. The molecule has 2 heterocycles. The Hall–Kier alpha value is -3.26. The van der Waals surface area contributed by atoms with E-state index in [4.69, 9.17) is 4.74 Å². The van der Waals surface area contributed by atoms with Crippen molar-refractivity contribution >= 4 is 29.3 Å². The van der Waals surface area contributed by atoms with Crippen LogP contribution < -0.4 is 19.5 Å². The zero-order chi connectivity index (χ0) is 20.1. The van der Waals surface area contributed by atoms with Crippen molar-refractivity contribution in [2.45, 2.75) is 19.4 Å². The summed E-state index contributed by atoms with van der Waals surface area (Å²) in [5.74, 6) is 0.540. The second-order valence-electron chi connectivity index (χ2n) is 6.51. The molecule has 8 heteroatoms. The minimum absolute atomic E-state index is 0.189. The molecule has 0 bridgehead atoms. The average Bonchev–Trinajstić information content (AvgIpc) is 3.32. The zero-order valence-corrected chi connectivity index (χ0v) is 16.4. The number of aromatic amines is 1. The first-order valence-corrected chi connectivity index (χ1v) is 9.37. The maximum absolute atomic E-state index is 12.6. The van der Waals surface area contributed by atoms with Crippen LogP contribution in [0.3, 0.4) is 0 Å². The first-order valence-electron chi connectivity index (χ1n) is 8.56. The second kappa shape index (κ2) is 8.18. The number of thiazole rings is 1. The molecule has 3 aromatic rings. The van der Waals surface area contributed by atoms with Crippen molar-refractivity contribution in [2.75, 3.05) is 6.61 Å². The summed E-state index contributed by atoms with van der Waals surface area (Å²) in [6, 6.07) is 7.38. The number of hydrogen-bond donors (Lipinski definition) is 1. The van der Waals surface area contributed by atoms with Gasteiger partial charge in [-0.2, -0.15) is 5.10 Å². The summed E-state index contributed by atoms with van der Waals surface area (Å²) >= 11 is 1.22. The van der Waals surface area contributed by atoms with Crippen molar-refractivity contribution in [1.29, 1.82) is 0 Å². The fraction of sp³-hybridized carbons (Fsp3) is 0.200. The van der Waals surface area contributed by atoms with Crippen LogP contribution in [-0.4, -0.2) is 32.1 Å². The van der Waals surface area contributed by atoms with Crippen LogP contribution in [0, 0.1) is 0 Å². The van der Waals surface area contributed by atoms with Crippen LogP contribution in [0.1, 0.15) is 19.4 Å². The van der Waals surface area contributed by atoms with Gasteiger partial charge in [0.2, 0.25) is 0 Å². The van der Waals surface area contributed by atoms with Crippen molar-refractivity contribution in [3.63, 3.8) is 0 Å². The van der Waals surface area contributed by atoms with Crippen molar-refractivity contribution in [3.05, 3.63) is 74.7 Å². The van der Waals surface area contributed by atoms with Gasteiger partial charge in [-0.25, -0.2) is 9.67 Å². The number of nitrogens with one attached hydrogen (secondary N) is 1. The Labute approximate surface area is 165 Å². The van der Waals surface area contributed by atoms with Gasteiger partial charge in [-0.3, -0.25) is 9.59 Å². The van der Waals surface area contributed by atoms with Gasteiger partial charge in [-0.15, -0.1) is 11.3 Å². The Kier molecular flexibility index (Phi) is 5.70. The summed E-state index contributed by atoms with van der Waals surface area (Å²) in [7, 11) is 0. The molecule has 3 rings (SSSR count). The first kappa shape index (κ1) is 19.5. The van der Waals surface area contributed by atoms with Crippen LogP contribution in [0.15, 0.2) is 54.4 Å². The van der Waals surface area contributed by atoms with Crippen LogP contribution in [0.4, 0.5) is 0 Å². The highest BCUT2D eigenvalue weighted by Gasteiger charge is 2.28.